The maximum atomic E-state index is 12.7. The van der Waals surface area contributed by atoms with E-state index in [0.29, 0.717) is 27.8 Å². The van der Waals surface area contributed by atoms with Crippen LogP contribution in [0.5, 0.6) is 5.75 Å². The van der Waals surface area contributed by atoms with Crippen molar-refractivity contribution < 1.29 is 13.7 Å². The molecule has 1 unspecified atom stereocenters. The Kier molecular flexibility index (Phi) is 8.40. The Hall–Kier alpha value is -4.42. The molecule has 1 amide bonds. The van der Waals surface area contributed by atoms with Gasteiger partial charge in [-0.3, -0.25) is 9.36 Å². The van der Waals surface area contributed by atoms with Crippen molar-refractivity contribution in [1.82, 2.24) is 19.4 Å². The van der Waals surface area contributed by atoms with Crippen molar-refractivity contribution in [2.45, 2.75) is 4.90 Å². The molecule has 40 heavy (non-hydrogen) atoms. The standard InChI is InChI=1S/C28H34N8O3S/c1-7-27(37)31-20-16-21(24(39-5)17-23(20)35(4)15-14-34(2)3)32-28-30-13-12-26(33-28)36-18-25(40(6,29)38)19-10-8-9-11-22(19)36/h7-13,16-18,29H,1,14-15H2,2-6H3,(H,31,37)(H,30,32,33). The number of likely N-dealkylation sites (N-methyl/N-ethyl adjacent to an activating group) is 2. The summed E-state index contributed by atoms with van der Waals surface area (Å²) in [5.41, 5.74) is 2.67. The lowest BCUT2D eigenvalue weighted by molar-refractivity contribution is -0.111. The molecule has 4 aromatic rings. The first-order valence-electron chi connectivity index (χ1n) is 12.5. The minimum atomic E-state index is -2.97. The lowest BCUT2D eigenvalue weighted by Gasteiger charge is -2.26. The van der Waals surface area contributed by atoms with Crippen molar-refractivity contribution >= 4 is 49.5 Å². The van der Waals surface area contributed by atoms with E-state index in [0.717, 1.165) is 29.7 Å². The van der Waals surface area contributed by atoms with Gasteiger partial charge >= 0.3 is 0 Å². The van der Waals surface area contributed by atoms with Gasteiger partial charge in [0.1, 0.15) is 11.6 Å². The molecule has 210 valence electrons. The van der Waals surface area contributed by atoms with Crippen molar-refractivity contribution in [3.63, 3.8) is 0 Å². The average Bonchev–Trinajstić information content (AvgIpc) is 3.32. The molecule has 2 aromatic heterocycles. The summed E-state index contributed by atoms with van der Waals surface area (Å²) >= 11 is 0. The van der Waals surface area contributed by atoms with Gasteiger partial charge in [0, 0.05) is 50.2 Å². The summed E-state index contributed by atoms with van der Waals surface area (Å²) in [6.07, 6.45) is 5.92. The van der Waals surface area contributed by atoms with E-state index in [9.17, 15) is 9.00 Å². The molecule has 0 saturated carbocycles. The monoisotopic (exact) mass is 562 g/mol. The first kappa shape index (κ1) is 28.6. The summed E-state index contributed by atoms with van der Waals surface area (Å²) in [5.74, 6) is 1.01. The molecule has 0 aliphatic rings. The van der Waals surface area contributed by atoms with Crippen molar-refractivity contribution in [2.24, 2.45) is 0 Å². The van der Waals surface area contributed by atoms with Gasteiger partial charge in [0.05, 0.1) is 44.3 Å². The van der Waals surface area contributed by atoms with E-state index in [1.54, 1.807) is 36.2 Å². The molecule has 1 atom stereocenters. The fourth-order valence-electron chi connectivity index (χ4n) is 4.22. The fraction of sp³-hybridized carbons (Fsp3) is 0.250. The first-order chi connectivity index (χ1) is 19.0. The number of aromatic nitrogens is 3. The molecule has 0 fully saturated rings. The van der Waals surface area contributed by atoms with E-state index in [-0.39, 0.29) is 11.9 Å². The van der Waals surface area contributed by atoms with Crippen LogP contribution in [-0.2, 0) is 14.5 Å². The van der Waals surface area contributed by atoms with Crippen LogP contribution >= 0.6 is 0 Å². The van der Waals surface area contributed by atoms with E-state index < -0.39 is 9.73 Å². The minimum Gasteiger partial charge on any atom is -0.494 e. The SMILES string of the molecule is C=CC(=O)Nc1cc(Nc2nccc(-n3cc(S(C)(=N)=O)c4ccccc43)n2)c(OC)cc1N(C)CCN(C)C. The van der Waals surface area contributed by atoms with Gasteiger partial charge in [-0.1, -0.05) is 24.8 Å². The zero-order valence-corrected chi connectivity index (χ0v) is 24.1. The van der Waals surface area contributed by atoms with Gasteiger partial charge in [0.25, 0.3) is 0 Å². The van der Waals surface area contributed by atoms with E-state index in [4.69, 9.17) is 9.52 Å². The molecular formula is C28H34N8O3S. The number of benzene rings is 2. The highest BCUT2D eigenvalue weighted by Gasteiger charge is 2.18. The minimum absolute atomic E-state index is 0.285. The zero-order chi connectivity index (χ0) is 29.0. The molecule has 2 aromatic carbocycles. The van der Waals surface area contributed by atoms with Crippen LogP contribution < -0.4 is 20.3 Å². The van der Waals surface area contributed by atoms with Crippen LogP contribution in [0.25, 0.3) is 16.7 Å². The third-order valence-corrected chi connectivity index (χ3v) is 7.45. The summed E-state index contributed by atoms with van der Waals surface area (Å²) in [6, 6.07) is 12.8. The summed E-state index contributed by atoms with van der Waals surface area (Å²) in [4.78, 5) is 25.9. The number of nitrogens with zero attached hydrogens (tertiary/aromatic N) is 5. The van der Waals surface area contributed by atoms with E-state index in [1.807, 2.05) is 56.4 Å². The second kappa shape index (κ2) is 11.8. The Balaban J connectivity index is 1.75. The highest BCUT2D eigenvalue weighted by molar-refractivity contribution is 7.92. The lowest BCUT2D eigenvalue weighted by atomic mass is 10.2. The van der Waals surface area contributed by atoms with Crippen LogP contribution in [0.15, 0.2) is 72.4 Å². The Labute approximate surface area is 234 Å². The number of carbonyl (C=O) groups is 1. The molecule has 2 heterocycles. The molecule has 11 nitrogen and oxygen atoms in total. The lowest BCUT2D eigenvalue weighted by Crippen LogP contribution is -2.29. The fourth-order valence-corrected chi connectivity index (χ4v) is 5.12. The third-order valence-electron chi connectivity index (χ3n) is 6.28. The number of anilines is 4. The van der Waals surface area contributed by atoms with Gasteiger partial charge in [-0.05, 0) is 38.4 Å². The van der Waals surface area contributed by atoms with Gasteiger partial charge in [0.2, 0.25) is 11.9 Å². The molecule has 12 heteroatoms. The van der Waals surface area contributed by atoms with Gasteiger partial charge < -0.3 is 25.2 Å². The van der Waals surface area contributed by atoms with Crippen LogP contribution in [0.1, 0.15) is 0 Å². The second-order valence-corrected chi connectivity index (χ2v) is 11.7. The topological polar surface area (TPSA) is 128 Å². The summed E-state index contributed by atoms with van der Waals surface area (Å²) in [7, 11) is 4.55. The van der Waals surface area contributed by atoms with Crippen LogP contribution in [-0.4, -0.2) is 77.1 Å². The molecule has 0 saturated heterocycles. The molecule has 0 spiro atoms. The summed E-state index contributed by atoms with van der Waals surface area (Å²) in [6.45, 7) is 5.11. The van der Waals surface area contributed by atoms with Crippen molar-refractivity contribution in [3.8, 4) is 11.6 Å². The van der Waals surface area contributed by atoms with Crippen LogP contribution in [0.2, 0.25) is 0 Å². The maximum absolute atomic E-state index is 12.7. The average molecular weight is 563 g/mol. The normalized spacial score (nSPS) is 12.7. The van der Waals surface area contributed by atoms with Crippen LogP contribution in [0, 0.1) is 4.78 Å². The van der Waals surface area contributed by atoms with Gasteiger partial charge in [0.15, 0.2) is 0 Å². The number of hydrogen-bond acceptors (Lipinski definition) is 9. The van der Waals surface area contributed by atoms with Crippen molar-refractivity contribution in [1.29, 1.82) is 4.78 Å². The molecule has 0 radical (unpaired) electrons. The Bertz CT molecular complexity index is 1660. The number of methoxy groups -OCH3 is 1. The Morgan fingerprint density at radius 2 is 1.93 bits per heavy atom. The number of para-hydroxylation sites is 1. The molecule has 0 aliphatic heterocycles. The van der Waals surface area contributed by atoms with Gasteiger partial charge in [-0.25, -0.2) is 14.0 Å². The number of amides is 1. The van der Waals surface area contributed by atoms with Crippen molar-refractivity contribution in [2.75, 3.05) is 63.1 Å². The predicted molar refractivity (Wildman–Crippen MR) is 161 cm³/mol. The maximum Gasteiger partial charge on any atom is 0.247 e. The molecule has 0 aliphatic carbocycles. The Morgan fingerprint density at radius 3 is 2.60 bits per heavy atom. The third kappa shape index (κ3) is 6.24. The van der Waals surface area contributed by atoms with Crippen LogP contribution in [0.3, 0.4) is 0 Å². The highest BCUT2D eigenvalue weighted by atomic mass is 32.2. The van der Waals surface area contributed by atoms with Crippen molar-refractivity contribution in [3.05, 3.63) is 67.5 Å². The quantitative estimate of drug-likeness (QED) is 0.231. The zero-order valence-electron chi connectivity index (χ0n) is 23.3. The number of fused-ring (bicyclic) bond motifs is 1. The van der Waals surface area contributed by atoms with E-state index in [1.165, 1.54) is 12.3 Å². The number of ether oxygens (including phenoxy) is 1. The first-order valence-corrected chi connectivity index (χ1v) is 14.4. The van der Waals surface area contributed by atoms with Crippen LogP contribution in [0.4, 0.5) is 23.0 Å². The van der Waals surface area contributed by atoms with E-state index >= 15 is 0 Å². The molecule has 4 rings (SSSR count). The Morgan fingerprint density at radius 1 is 1.18 bits per heavy atom. The highest BCUT2D eigenvalue weighted by Crippen LogP contribution is 2.38. The summed E-state index contributed by atoms with van der Waals surface area (Å²) < 4.78 is 28.3. The predicted octanol–water partition coefficient (Wildman–Crippen LogP) is 4.33. The van der Waals surface area contributed by atoms with Gasteiger partial charge in [-0.2, -0.15) is 4.98 Å². The van der Waals surface area contributed by atoms with Gasteiger partial charge in [-0.15, -0.1) is 0 Å². The molecule has 3 N–H and O–H groups in total. The molecular weight excluding hydrogens is 528 g/mol. The second-order valence-electron chi connectivity index (χ2n) is 9.58. The van der Waals surface area contributed by atoms with E-state index in [2.05, 4.69) is 32.1 Å². The number of nitrogens with one attached hydrogen (secondary N) is 3. The molecule has 0 bridgehead atoms. The smallest absolute Gasteiger partial charge is 0.247 e. The number of hydrogen-bond donors (Lipinski definition) is 3. The largest absolute Gasteiger partial charge is 0.494 e. The number of carbonyl (C=O) groups excluding carboxylic acids is 1. The number of rotatable bonds is 11. The summed E-state index contributed by atoms with van der Waals surface area (Å²) in [5, 5.41) is 6.82.